The van der Waals surface area contributed by atoms with Gasteiger partial charge in [0.25, 0.3) is 0 Å². The predicted octanol–water partition coefficient (Wildman–Crippen LogP) is 2.44. The van der Waals surface area contributed by atoms with Crippen LogP contribution in [-0.4, -0.2) is 30.6 Å². The van der Waals surface area contributed by atoms with E-state index >= 15 is 0 Å². The van der Waals surface area contributed by atoms with Crippen molar-refractivity contribution in [3.05, 3.63) is 0 Å². The van der Waals surface area contributed by atoms with E-state index in [2.05, 4.69) is 22.8 Å². The zero-order valence-corrected chi connectivity index (χ0v) is 12.3. The van der Waals surface area contributed by atoms with Crippen LogP contribution < -0.4 is 10.7 Å². The molecular formula is C13H25N3OS. The van der Waals surface area contributed by atoms with Gasteiger partial charge in [0.15, 0.2) is 5.11 Å². The number of ether oxygens (including phenoxy) is 1. The summed E-state index contributed by atoms with van der Waals surface area (Å²) in [4.78, 5) is 0. The number of nitrogens with one attached hydrogen (secondary N) is 2. The van der Waals surface area contributed by atoms with Crippen molar-refractivity contribution in [2.75, 3.05) is 19.8 Å². The third kappa shape index (κ3) is 6.31. The van der Waals surface area contributed by atoms with Gasteiger partial charge in [0.1, 0.15) is 0 Å². The van der Waals surface area contributed by atoms with Crippen LogP contribution in [0.25, 0.3) is 0 Å². The van der Waals surface area contributed by atoms with Crippen LogP contribution in [-0.2, 0) is 4.74 Å². The molecule has 0 heterocycles. The molecule has 2 N–H and O–H groups in total. The SMILES string of the molecule is CCOCCCNC(=S)N/N=C1/CCCC[C@@H]1C. The highest BCUT2D eigenvalue weighted by Crippen LogP contribution is 2.20. The van der Waals surface area contributed by atoms with Gasteiger partial charge >= 0.3 is 0 Å². The molecule has 5 heteroatoms. The molecular weight excluding hydrogens is 246 g/mol. The smallest absolute Gasteiger partial charge is 0.186 e. The molecule has 0 unspecified atom stereocenters. The lowest BCUT2D eigenvalue weighted by Crippen LogP contribution is -2.34. The molecule has 0 amide bonds. The molecule has 0 spiro atoms. The predicted molar refractivity (Wildman–Crippen MR) is 79.9 cm³/mol. The summed E-state index contributed by atoms with van der Waals surface area (Å²) < 4.78 is 5.25. The minimum absolute atomic E-state index is 0.590. The van der Waals surface area contributed by atoms with Crippen molar-refractivity contribution in [3.8, 4) is 0 Å². The summed E-state index contributed by atoms with van der Waals surface area (Å²) >= 11 is 5.17. The zero-order valence-electron chi connectivity index (χ0n) is 11.5. The normalized spacial score (nSPS) is 21.9. The lowest BCUT2D eigenvalue weighted by Gasteiger charge is -2.20. The van der Waals surface area contributed by atoms with Gasteiger partial charge in [0, 0.05) is 25.5 Å². The van der Waals surface area contributed by atoms with E-state index in [1.807, 2.05) is 6.92 Å². The van der Waals surface area contributed by atoms with Crippen LogP contribution in [0.5, 0.6) is 0 Å². The van der Waals surface area contributed by atoms with E-state index in [0.717, 1.165) is 32.6 Å². The summed E-state index contributed by atoms with van der Waals surface area (Å²) in [5.41, 5.74) is 4.19. The van der Waals surface area contributed by atoms with E-state index in [4.69, 9.17) is 17.0 Å². The highest BCUT2D eigenvalue weighted by atomic mass is 32.1. The summed E-state index contributed by atoms with van der Waals surface area (Å²) in [5.74, 6) is 0.590. The number of nitrogens with zero attached hydrogens (tertiary/aromatic N) is 1. The van der Waals surface area contributed by atoms with Gasteiger partial charge in [-0.1, -0.05) is 13.3 Å². The van der Waals surface area contributed by atoms with Crippen LogP contribution in [0.1, 0.15) is 46.0 Å². The number of hydrogen-bond donors (Lipinski definition) is 2. The Hall–Kier alpha value is -0.680. The second kappa shape index (κ2) is 9.28. The van der Waals surface area contributed by atoms with Crippen LogP contribution in [0.2, 0.25) is 0 Å². The Balaban J connectivity index is 2.13. The third-order valence-corrected chi connectivity index (χ3v) is 3.38. The Kier molecular flexibility index (Phi) is 7.93. The highest BCUT2D eigenvalue weighted by molar-refractivity contribution is 7.80. The first kappa shape index (κ1) is 15.4. The van der Waals surface area contributed by atoms with Gasteiger partial charge in [-0.2, -0.15) is 5.10 Å². The molecule has 104 valence electrons. The molecule has 1 rings (SSSR count). The van der Waals surface area contributed by atoms with E-state index < -0.39 is 0 Å². The van der Waals surface area contributed by atoms with E-state index in [9.17, 15) is 0 Å². The lowest BCUT2D eigenvalue weighted by atomic mass is 9.89. The van der Waals surface area contributed by atoms with Crippen molar-refractivity contribution in [1.82, 2.24) is 10.7 Å². The highest BCUT2D eigenvalue weighted by Gasteiger charge is 2.15. The van der Waals surface area contributed by atoms with Gasteiger partial charge in [0.2, 0.25) is 0 Å². The van der Waals surface area contributed by atoms with Gasteiger partial charge in [0.05, 0.1) is 0 Å². The van der Waals surface area contributed by atoms with Crippen LogP contribution in [0, 0.1) is 5.92 Å². The summed E-state index contributed by atoms with van der Waals surface area (Å²) in [6, 6.07) is 0. The summed E-state index contributed by atoms with van der Waals surface area (Å²) in [6.45, 7) is 6.61. The first-order chi connectivity index (χ1) is 8.74. The molecule has 0 aromatic carbocycles. The fourth-order valence-corrected chi connectivity index (χ4v) is 2.17. The number of hydrogen-bond acceptors (Lipinski definition) is 3. The van der Waals surface area contributed by atoms with Crippen LogP contribution >= 0.6 is 12.2 Å². The number of hydrazone groups is 1. The van der Waals surface area contributed by atoms with Gasteiger partial charge < -0.3 is 10.1 Å². The fraction of sp³-hybridized carbons (Fsp3) is 0.846. The minimum Gasteiger partial charge on any atom is -0.382 e. The molecule has 0 bridgehead atoms. The van der Waals surface area contributed by atoms with Crippen LogP contribution in [0.3, 0.4) is 0 Å². The minimum atomic E-state index is 0.590. The van der Waals surface area contributed by atoms with E-state index in [1.54, 1.807) is 0 Å². The molecule has 4 nitrogen and oxygen atoms in total. The van der Waals surface area contributed by atoms with E-state index in [1.165, 1.54) is 25.0 Å². The van der Waals surface area contributed by atoms with Gasteiger partial charge in [-0.15, -0.1) is 0 Å². The van der Waals surface area contributed by atoms with Crippen molar-refractivity contribution in [3.63, 3.8) is 0 Å². The standard InChI is InChI=1S/C13H25N3OS/c1-3-17-10-6-9-14-13(18)16-15-12-8-5-4-7-11(12)2/h11H,3-10H2,1-2H3,(H2,14,16,18)/b15-12-/t11-/m0/s1. The Morgan fingerprint density at radius 1 is 1.50 bits per heavy atom. The van der Waals surface area contributed by atoms with Crippen LogP contribution in [0.15, 0.2) is 5.10 Å². The molecule has 0 saturated heterocycles. The number of thiocarbonyl (C=S) groups is 1. The Morgan fingerprint density at radius 3 is 3.06 bits per heavy atom. The molecule has 0 aliphatic heterocycles. The van der Waals surface area contributed by atoms with Crippen molar-refractivity contribution < 1.29 is 4.74 Å². The molecule has 1 aliphatic rings. The van der Waals surface area contributed by atoms with Crippen molar-refractivity contribution in [1.29, 1.82) is 0 Å². The number of rotatable bonds is 6. The summed E-state index contributed by atoms with van der Waals surface area (Å²) in [5, 5.41) is 8.15. The molecule has 0 aromatic rings. The largest absolute Gasteiger partial charge is 0.382 e. The van der Waals surface area contributed by atoms with Crippen molar-refractivity contribution in [2.24, 2.45) is 11.0 Å². The van der Waals surface area contributed by atoms with Crippen molar-refractivity contribution in [2.45, 2.75) is 46.0 Å². The van der Waals surface area contributed by atoms with E-state index in [-0.39, 0.29) is 0 Å². The maximum absolute atomic E-state index is 5.25. The van der Waals surface area contributed by atoms with E-state index in [0.29, 0.717) is 11.0 Å². The monoisotopic (exact) mass is 271 g/mol. The summed E-state index contributed by atoms with van der Waals surface area (Å²) in [6.07, 6.45) is 5.87. The average molecular weight is 271 g/mol. The third-order valence-electron chi connectivity index (χ3n) is 3.15. The Morgan fingerprint density at radius 2 is 2.33 bits per heavy atom. The quantitative estimate of drug-likeness (QED) is 0.442. The zero-order chi connectivity index (χ0) is 13.2. The fourth-order valence-electron chi connectivity index (χ4n) is 2.02. The first-order valence-corrected chi connectivity index (χ1v) is 7.33. The second-order valence-electron chi connectivity index (χ2n) is 4.67. The maximum Gasteiger partial charge on any atom is 0.186 e. The maximum atomic E-state index is 5.25. The first-order valence-electron chi connectivity index (χ1n) is 6.92. The van der Waals surface area contributed by atoms with Gasteiger partial charge in [-0.25, -0.2) is 0 Å². The molecule has 0 radical (unpaired) electrons. The van der Waals surface area contributed by atoms with Gasteiger partial charge in [-0.05, 0) is 50.7 Å². The van der Waals surface area contributed by atoms with Crippen LogP contribution in [0.4, 0.5) is 0 Å². The van der Waals surface area contributed by atoms with Crippen molar-refractivity contribution >= 4 is 23.0 Å². The average Bonchev–Trinajstić information content (AvgIpc) is 2.37. The Bertz CT molecular complexity index is 281. The molecule has 1 aliphatic carbocycles. The molecule has 18 heavy (non-hydrogen) atoms. The summed E-state index contributed by atoms with van der Waals surface area (Å²) in [7, 11) is 0. The second-order valence-corrected chi connectivity index (χ2v) is 5.08. The van der Waals surface area contributed by atoms with Gasteiger partial charge in [-0.3, -0.25) is 5.43 Å². The molecule has 1 saturated carbocycles. The lowest BCUT2D eigenvalue weighted by molar-refractivity contribution is 0.145. The topological polar surface area (TPSA) is 45.6 Å². The molecule has 1 atom stereocenters. The molecule has 1 fully saturated rings. The Labute approximate surface area is 116 Å². The molecule has 0 aromatic heterocycles.